The molecule has 1 saturated carbocycles. The SMILES string of the molecule is Nc1cc(C2CC2)nc(-c2ccc(Br)c(Br)c2)n1. The van der Waals surface area contributed by atoms with E-state index in [0.29, 0.717) is 17.6 Å². The summed E-state index contributed by atoms with van der Waals surface area (Å²) in [5, 5.41) is 0. The van der Waals surface area contributed by atoms with Crippen LogP contribution in [0.4, 0.5) is 5.82 Å². The maximum atomic E-state index is 5.86. The molecule has 1 aromatic heterocycles. The molecule has 18 heavy (non-hydrogen) atoms. The molecule has 1 heterocycles. The summed E-state index contributed by atoms with van der Waals surface area (Å²) in [4.78, 5) is 8.92. The number of rotatable bonds is 2. The molecule has 0 bridgehead atoms. The number of nitrogens with zero attached hydrogens (tertiary/aromatic N) is 2. The van der Waals surface area contributed by atoms with Crippen molar-refractivity contribution >= 4 is 37.7 Å². The third-order valence-corrected chi connectivity index (χ3v) is 4.82. The number of anilines is 1. The van der Waals surface area contributed by atoms with Crippen LogP contribution >= 0.6 is 31.9 Å². The number of halogens is 2. The molecule has 0 unspecified atom stereocenters. The first-order valence-electron chi connectivity index (χ1n) is 5.73. The van der Waals surface area contributed by atoms with Crippen molar-refractivity contribution in [3.63, 3.8) is 0 Å². The lowest BCUT2D eigenvalue weighted by Crippen LogP contribution is -1.99. The average molecular weight is 369 g/mol. The van der Waals surface area contributed by atoms with Gasteiger partial charge in [0.05, 0.1) is 0 Å². The van der Waals surface area contributed by atoms with Crippen molar-refractivity contribution in [1.82, 2.24) is 9.97 Å². The smallest absolute Gasteiger partial charge is 0.161 e. The molecule has 0 spiro atoms. The van der Waals surface area contributed by atoms with Gasteiger partial charge in [0, 0.05) is 32.2 Å². The highest BCUT2D eigenvalue weighted by atomic mass is 79.9. The van der Waals surface area contributed by atoms with Gasteiger partial charge in [0.25, 0.3) is 0 Å². The van der Waals surface area contributed by atoms with Gasteiger partial charge in [-0.05, 0) is 62.9 Å². The first-order valence-corrected chi connectivity index (χ1v) is 7.32. The van der Waals surface area contributed by atoms with Crippen LogP contribution in [-0.2, 0) is 0 Å². The fraction of sp³-hybridized carbons (Fsp3) is 0.231. The minimum atomic E-state index is 0.543. The van der Waals surface area contributed by atoms with E-state index in [2.05, 4.69) is 41.8 Å². The van der Waals surface area contributed by atoms with Gasteiger partial charge in [-0.3, -0.25) is 0 Å². The topological polar surface area (TPSA) is 51.8 Å². The Morgan fingerprint density at radius 3 is 2.50 bits per heavy atom. The molecule has 2 N–H and O–H groups in total. The lowest BCUT2D eigenvalue weighted by Gasteiger charge is -2.06. The fourth-order valence-electron chi connectivity index (χ4n) is 1.84. The first-order chi connectivity index (χ1) is 8.63. The van der Waals surface area contributed by atoms with Crippen molar-refractivity contribution in [2.75, 3.05) is 5.73 Å². The second-order valence-corrected chi connectivity index (χ2v) is 6.15. The van der Waals surface area contributed by atoms with Gasteiger partial charge in [-0.2, -0.15) is 0 Å². The Morgan fingerprint density at radius 2 is 1.83 bits per heavy atom. The summed E-state index contributed by atoms with van der Waals surface area (Å²) in [6, 6.07) is 7.84. The summed E-state index contributed by atoms with van der Waals surface area (Å²) in [7, 11) is 0. The highest BCUT2D eigenvalue weighted by Gasteiger charge is 2.26. The molecule has 3 rings (SSSR count). The lowest BCUT2D eigenvalue weighted by molar-refractivity contribution is 0.998. The van der Waals surface area contributed by atoms with Crippen LogP contribution < -0.4 is 5.73 Å². The number of hydrogen-bond donors (Lipinski definition) is 1. The summed E-state index contributed by atoms with van der Waals surface area (Å²) in [6.45, 7) is 0. The highest BCUT2D eigenvalue weighted by molar-refractivity contribution is 9.13. The van der Waals surface area contributed by atoms with E-state index >= 15 is 0 Å². The zero-order valence-corrected chi connectivity index (χ0v) is 12.7. The number of hydrogen-bond acceptors (Lipinski definition) is 3. The molecule has 2 aromatic rings. The maximum Gasteiger partial charge on any atom is 0.161 e. The van der Waals surface area contributed by atoms with Gasteiger partial charge in [-0.15, -0.1) is 0 Å². The van der Waals surface area contributed by atoms with E-state index in [1.54, 1.807) is 0 Å². The molecular formula is C13H11Br2N3. The first kappa shape index (κ1) is 12.1. The van der Waals surface area contributed by atoms with Gasteiger partial charge in [0.15, 0.2) is 5.82 Å². The fourth-order valence-corrected chi connectivity index (χ4v) is 2.46. The summed E-state index contributed by atoms with van der Waals surface area (Å²) in [5.41, 5.74) is 7.90. The van der Waals surface area contributed by atoms with Crippen molar-refractivity contribution < 1.29 is 0 Å². The van der Waals surface area contributed by atoms with Crippen molar-refractivity contribution in [3.8, 4) is 11.4 Å². The molecule has 1 aliphatic carbocycles. The van der Waals surface area contributed by atoms with Crippen molar-refractivity contribution in [2.45, 2.75) is 18.8 Å². The number of nitrogens with two attached hydrogens (primary N) is 1. The van der Waals surface area contributed by atoms with Crippen LogP contribution in [0.2, 0.25) is 0 Å². The summed E-state index contributed by atoms with van der Waals surface area (Å²) in [5.74, 6) is 1.82. The van der Waals surface area contributed by atoms with Crippen LogP contribution in [0.15, 0.2) is 33.2 Å². The molecule has 92 valence electrons. The minimum absolute atomic E-state index is 0.543. The predicted molar refractivity (Wildman–Crippen MR) is 79.3 cm³/mol. The van der Waals surface area contributed by atoms with Crippen molar-refractivity contribution in [2.24, 2.45) is 0 Å². The Morgan fingerprint density at radius 1 is 1.06 bits per heavy atom. The van der Waals surface area contributed by atoms with Gasteiger partial charge >= 0.3 is 0 Å². The summed E-state index contributed by atoms with van der Waals surface area (Å²) < 4.78 is 2.00. The van der Waals surface area contributed by atoms with Gasteiger partial charge in [0.1, 0.15) is 5.82 Å². The standard InChI is InChI=1S/C13H11Br2N3/c14-9-4-3-8(5-10(9)15)13-17-11(7-1-2-7)6-12(16)18-13/h3-7H,1-2H2,(H2,16,17,18). The van der Waals surface area contributed by atoms with E-state index in [-0.39, 0.29) is 0 Å². The Bertz CT molecular complexity index is 609. The molecule has 0 saturated heterocycles. The van der Waals surface area contributed by atoms with E-state index in [1.165, 1.54) is 12.8 Å². The molecule has 0 atom stereocenters. The summed E-state index contributed by atoms with van der Waals surface area (Å²) >= 11 is 6.94. The lowest BCUT2D eigenvalue weighted by atomic mass is 10.2. The van der Waals surface area contributed by atoms with Crippen LogP contribution in [0.25, 0.3) is 11.4 Å². The minimum Gasteiger partial charge on any atom is -0.384 e. The molecule has 0 aliphatic heterocycles. The normalized spacial score (nSPS) is 14.8. The summed E-state index contributed by atoms with van der Waals surface area (Å²) in [6.07, 6.45) is 2.42. The molecule has 1 aliphatic rings. The molecule has 1 aromatic carbocycles. The van der Waals surface area contributed by atoms with E-state index < -0.39 is 0 Å². The van der Waals surface area contributed by atoms with Crippen LogP contribution in [0, 0.1) is 0 Å². The van der Waals surface area contributed by atoms with Gasteiger partial charge in [0.2, 0.25) is 0 Å². The van der Waals surface area contributed by atoms with Gasteiger partial charge < -0.3 is 5.73 Å². The second kappa shape index (κ2) is 4.63. The van der Waals surface area contributed by atoms with E-state index in [1.807, 2.05) is 24.3 Å². The van der Waals surface area contributed by atoms with Crippen LogP contribution in [-0.4, -0.2) is 9.97 Å². The van der Waals surface area contributed by atoms with Crippen LogP contribution in [0.5, 0.6) is 0 Å². The third kappa shape index (κ3) is 2.42. The van der Waals surface area contributed by atoms with Gasteiger partial charge in [-0.25, -0.2) is 9.97 Å². The quantitative estimate of drug-likeness (QED) is 0.866. The van der Waals surface area contributed by atoms with Gasteiger partial charge in [-0.1, -0.05) is 0 Å². The molecule has 0 radical (unpaired) electrons. The number of benzene rings is 1. The molecular weight excluding hydrogens is 358 g/mol. The molecule has 1 fully saturated rings. The van der Waals surface area contributed by atoms with Crippen molar-refractivity contribution in [1.29, 1.82) is 0 Å². The Labute approximate surface area is 122 Å². The Kier molecular flexibility index (Phi) is 3.11. The van der Waals surface area contributed by atoms with Crippen molar-refractivity contribution in [3.05, 3.63) is 38.9 Å². The van der Waals surface area contributed by atoms with E-state index in [4.69, 9.17) is 5.73 Å². The molecule has 3 nitrogen and oxygen atoms in total. The zero-order valence-electron chi connectivity index (χ0n) is 9.53. The monoisotopic (exact) mass is 367 g/mol. The number of nitrogen functional groups attached to an aromatic ring is 1. The maximum absolute atomic E-state index is 5.86. The highest BCUT2D eigenvalue weighted by Crippen LogP contribution is 2.40. The average Bonchev–Trinajstić information content (AvgIpc) is 3.16. The second-order valence-electron chi connectivity index (χ2n) is 4.44. The van der Waals surface area contributed by atoms with Crippen LogP contribution in [0.3, 0.4) is 0 Å². The Balaban J connectivity index is 2.07. The third-order valence-electron chi connectivity index (χ3n) is 2.94. The molecule has 0 amide bonds. The molecule has 5 heteroatoms. The Hall–Kier alpha value is -0.940. The number of aromatic nitrogens is 2. The largest absolute Gasteiger partial charge is 0.384 e. The van der Waals surface area contributed by atoms with E-state index in [0.717, 1.165) is 20.2 Å². The van der Waals surface area contributed by atoms with Crippen LogP contribution in [0.1, 0.15) is 24.5 Å². The van der Waals surface area contributed by atoms with E-state index in [9.17, 15) is 0 Å². The zero-order chi connectivity index (χ0) is 12.7. The predicted octanol–water partition coefficient (Wildman–Crippen LogP) is 4.13.